The monoisotopic (exact) mass is 347 g/mol. The summed E-state index contributed by atoms with van der Waals surface area (Å²) in [5.74, 6) is 2.15. The van der Waals surface area contributed by atoms with Crippen LogP contribution in [0.3, 0.4) is 0 Å². The molecule has 0 unspecified atom stereocenters. The van der Waals surface area contributed by atoms with Crippen LogP contribution in [0.5, 0.6) is 17.2 Å². The average Bonchev–Trinajstić information content (AvgIpc) is 2.94. The van der Waals surface area contributed by atoms with E-state index < -0.39 is 0 Å². The molecule has 3 rings (SSSR count). The summed E-state index contributed by atoms with van der Waals surface area (Å²) in [5.41, 5.74) is 1.72. The zero-order chi connectivity index (χ0) is 14.7. The maximum Gasteiger partial charge on any atom is 0.231 e. The highest BCUT2D eigenvalue weighted by Crippen LogP contribution is 2.38. The Hall–Kier alpha value is -2.01. The number of hydrogen-bond acceptors (Lipinski definition) is 4. The molecule has 0 radical (unpaired) electrons. The third-order valence-electron chi connectivity index (χ3n) is 3.00. The van der Waals surface area contributed by atoms with Crippen LogP contribution in [0.2, 0.25) is 0 Å². The molecule has 0 atom stereocenters. The molecule has 1 aliphatic heterocycles. The molecule has 5 heteroatoms. The van der Waals surface area contributed by atoms with Crippen molar-refractivity contribution in [2.75, 3.05) is 13.4 Å². The first kappa shape index (κ1) is 13.9. The van der Waals surface area contributed by atoms with E-state index in [-0.39, 0.29) is 6.79 Å². The SMILES string of the molecule is CCOc1cc2c(cc1C=Nc1ccccc1Br)OCO2. The van der Waals surface area contributed by atoms with Gasteiger partial charge >= 0.3 is 0 Å². The highest BCUT2D eigenvalue weighted by Gasteiger charge is 2.17. The Kier molecular flexibility index (Phi) is 4.10. The second-order valence-electron chi connectivity index (χ2n) is 4.39. The number of ether oxygens (including phenoxy) is 3. The van der Waals surface area contributed by atoms with Gasteiger partial charge in [-0.2, -0.15) is 0 Å². The predicted molar refractivity (Wildman–Crippen MR) is 85.1 cm³/mol. The van der Waals surface area contributed by atoms with Gasteiger partial charge in [0.15, 0.2) is 11.5 Å². The molecule has 1 aliphatic rings. The minimum Gasteiger partial charge on any atom is -0.493 e. The van der Waals surface area contributed by atoms with E-state index in [1.807, 2.05) is 43.3 Å². The molecule has 0 saturated heterocycles. The van der Waals surface area contributed by atoms with Crippen LogP contribution in [0.25, 0.3) is 0 Å². The van der Waals surface area contributed by atoms with Crippen molar-refractivity contribution in [1.29, 1.82) is 0 Å². The lowest BCUT2D eigenvalue weighted by atomic mass is 10.2. The smallest absolute Gasteiger partial charge is 0.231 e. The fourth-order valence-electron chi connectivity index (χ4n) is 2.02. The summed E-state index contributed by atoms with van der Waals surface area (Å²) in [4.78, 5) is 4.50. The molecule has 0 bridgehead atoms. The standard InChI is InChI=1S/C16H14BrNO3/c1-2-19-14-8-16-15(20-10-21-16)7-11(14)9-18-13-6-4-3-5-12(13)17/h3-9H,2,10H2,1H3. The number of para-hydroxylation sites is 1. The van der Waals surface area contributed by atoms with Crippen LogP contribution < -0.4 is 14.2 Å². The minimum atomic E-state index is 0.242. The molecular weight excluding hydrogens is 334 g/mol. The normalized spacial score (nSPS) is 12.9. The third-order valence-corrected chi connectivity index (χ3v) is 3.67. The van der Waals surface area contributed by atoms with Crippen molar-refractivity contribution >= 4 is 27.8 Å². The lowest BCUT2D eigenvalue weighted by molar-refractivity contribution is 0.174. The minimum absolute atomic E-state index is 0.242. The molecule has 0 amide bonds. The van der Waals surface area contributed by atoms with E-state index >= 15 is 0 Å². The molecule has 0 aliphatic carbocycles. The number of aliphatic imine (C=N–C) groups is 1. The highest BCUT2D eigenvalue weighted by molar-refractivity contribution is 9.10. The summed E-state index contributed by atoms with van der Waals surface area (Å²) in [7, 11) is 0. The Balaban J connectivity index is 1.96. The molecule has 0 fully saturated rings. The fourth-order valence-corrected chi connectivity index (χ4v) is 2.40. The van der Waals surface area contributed by atoms with Crippen molar-refractivity contribution in [3.8, 4) is 17.2 Å². The fraction of sp³-hybridized carbons (Fsp3) is 0.188. The van der Waals surface area contributed by atoms with Crippen molar-refractivity contribution in [3.63, 3.8) is 0 Å². The molecule has 21 heavy (non-hydrogen) atoms. The van der Waals surface area contributed by atoms with Gasteiger partial charge in [-0.25, -0.2) is 0 Å². The van der Waals surface area contributed by atoms with Gasteiger partial charge in [-0.15, -0.1) is 0 Å². The largest absolute Gasteiger partial charge is 0.493 e. The molecular formula is C16H14BrNO3. The van der Waals surface area contributed by atoms with Crippen LogP contribution in [-0.2, 0) is 0 Å². The Morgan fingerprint density at radius 1 is 1.24 bits per heavy atom. The van der Waals surface area contributed by atoms with Gasteiger partial charge in [0, 0.05) is 22.3 Å². The summed E-state index contributed by atoms with van der Waals surface area (Å²) in [6.45, 7) is 2.76. The maximum absolute atomic E-state index is 5.64. The third kappa shape index (κ3) is 3.03. The van der Waals surface area contributed by atoms with E-state index in [9.17, 15) is 0 Å². The number of halogens is 1. The van der Waals surface area contributed by atoms with Crippen LogP contribution in [0.4, 0.5) is 5.69 Å². The predicted octanol–water partition coefficient (Wildman–Crippen LogP) is 4.33. The van der Waals surface area contributed by atoms with Gasteiger partial charge in [-0.05, 0) is 41.1 Å². The van der Waals surface area contributed by atoms with Crippen LogP contribution >= 0.6 is 15.9 Å². The van der Waals surface area contributed by atoms with Gasteiger partial charge < -0.3 is 14.2 Å². The summed E-state index contributed by atoms with van der Waals surface area (Å²) >= 11 is 3.48. The number of rotatable bonds is 4. The zero-order valence-corrected chi connectivity index (χ0v) is 13.1. The van der Waals surface area contributed by atoms with Gasteiger partial charge in [0.1, 0.15) is 5.75 Å². The first-order valence-corrected chi connectivity index (χ1v) is 7.42. The topological polar surface area (TPSA) is 40.0 Å². The van der Waals surface area contributed by atoms with E-state index in [1.54, 1.807) is 6.21 Å². The van der Waals surface area contributed by atoms with Crippen molar-refractivity contribution in [2.24, 2.45) is 4.99 Å². The molecule has 0 aromatic heterocycles. The molecule has 2 aromatic carbocycles. The lowest BCUT2D eigenvalue weighted by Crippen LogP contribution is -1.96. The molecule has 4 nitrogen and oxygen atoms in total. The molecule has 0 saturated carbocycles. The van der Waals surface area contributed by atoms with Crippen LogP contribution in [-0.4, -0.2) is 19.6 Å². The second kappa shape index (κ2) is 6.18. The highest BCUT2D eigenvalue weighted by atomic mass is 79.9. The van der Waals surface area contributed by atoms with Crippen molar-refractivity contribution in [1.82, 2.24) is 0 Å². The Morgan fingerprint density at radius 3 is 2.76 bits per heavy atom. The summed E-state index contributed by atoms with van der Waals surface area (Å²) < 4.78 is 17.4. The van der Waals surface area contributed by atoms with E-state index in [0.29, 0.717) is 18.1 Å². The van der Waals surface area contributed by atoms with Gasteiger partial charge in [0.2, 0.25) is 6.79 Å². The van der Waals surface area contributed by atoms with Crippen LogP contribution in [0.1, 0.15) is 12.5 Å². The number of hydrogen-bond donors (Lipinski definition) is 0. The Morgan fingerprint density at radius 2 is 2.00 bits per heavy atom. The number of fused-ring (bicyclic) bond motifs is 1. The van der Waals surface area contributed by atoms with Gasteiger partial charge in [0.25, 0.3) is 0 Å². The molecule has 0 spiro atoms. The lowest BCUT2D eigenvalue weighted by Gasteiger charge is -2.08. The summed E-state index contributed by atoms with van der Waals surface area (Å²) in [6.07, 6.45) is 1.77. The van der Waals surface area contributed by atoms with Crippen LogP contribution in [0, 0.1) is 0 Å². The number of benzene rings is 2. The van der Waals surface area contributed by atoms with Crippen molar-refractivity contribution in [2.45, 2.75) is 6.92 Å². The first-order valence-electron chi connectivity index (χ1n) is 6.63. The van der Waals surface area contributed by atoms with Gasteiger partial charge in [0.05, 0.1) is 12.3 Å². The van der Waals surface area contributed by atoms with Gasteiger partial charge in [-0.1, -0.05) is 12.1 Å². The Labute approximate surface area is 131 Å². The summed E-state index contributed by atoms with van der Waals surface area (Å²) in [6, 6.07) is 11.5. The maximum atomic E-state index is 5.64. The average molecular weight is 348 g/mol. The van der Waals surface area contributed by atoms with E-state index in [1.165, 1.54) is 0 Å². The Bertz CT molecular complexity index is 685. The van der Waals surface area contributed by atoms with E-state index in [4.69, 9.17) is 14.2 Å². The molecule has 1 heterocycles. The zero-order valence-electron chi connectivity index (χ0n) is 11.5. The molecule has 2 aromatic rings. The first-order chi connectivity index (χ1) is 10.3. The second-order valence-corrected chi connectivity index (χ2v) is 5.24. The van der Waals surface area contributed by atoms with Crippen molar-refractivity contribution in [3.05, 3.63) is 46.4 Å². The van der Waals surface area contributed by atoms with E-state index in [2.05, 4.69) is 20.9 Å². The van der Waals surface area contributed by atoms with Gasteiger partial charge in [-0.3, -0.25) is 4.99 Å². The number of nitrogens with zero attached hydrogens (tertiary/aromatic N) is 1. The molecule has 0 N–H and O–H groups in total. The molecule has 108 valence electrons. The summed E-state index contributed by atoms with van der Waals surface area (Å²) in [5, 5.41) is 0. The van der Waals surface area contributed by atoms with Crippen molar-refractivity contribution < 1.29 is 14.2 Å². The van der Waals surface area contributed by atoms with E-state index in [0.717, 1.165) is 21.5 Å². The quantitative estimate of drug-likeness (QED) is 0.773. The van der Waals surface area contributed by atoms with Crippen LogP contribution in [0.15, 0.2) is 45.9 Å².